The molecule has 3 nitrogen and oxygen atoms in total. The van der Waals surface area contributed by atoms with Crippen LogP contribution in [0.2, 0.25) is 0 Å². The van der Waals surface area contributed by atoms with Gasteiger partial charge in [0.05, 0.1) is 12.6 Å². The van der Waals surface area contributed by atoms with Gasteiger partial charge >= 0.3 is 0 Å². The van der Waals surface area contributed by atoms with E-state index in [1.54, 1.807) is 18.4 Å². The van der Waals surface area contributed by atoms with Crippen LogP contribution in [0.25, 0.3) is 0 Å². The van der Waals surface area contributed by atoms with Gasteiger partial charge in [0.1, 0.15) is 5.01 Å². The van der Waals surface area contributed by atoms with Crippen molar-refractivity contribution in [3.05, 3.63) is 16.1 Å². The van der Waals surface area contributed by atoms with Crippen molar-refractivity contribution in [1.29, 1.82) is 0 Å². The van der Waals surface area contributed by atoms with Gasteiger partial charge in [0.15, 0.2) is 0 Å². The van der Waals surface area contributed by atoms with E-state index >= 15 is 0 Å². The Morgan fingerprint density at radius 3 is 2.94 bits per heavy atom. The summed E-state index contributed by atoms with van der Waals surface area (Å²) in [6.45, 7) is 3.75. The highest BCUT2D eigenvalue weighted by atomic mass is 32.1. The number of hydrogen-bond acceptors (Lipinski definition) is 4. The maximum absolute atomic E-state index is 5.09. The molecule has 1 aromatic heterocycles. The Bertz CT molecular complexity index is 323. The molecular weight excluding hydrogens is 220 g/mol. The number of aryl methyl sites for hydroxylation is 1. The molecule has 16 heavy (non-hydrogen) atoms. The minimum Gasteiger partial charge on any atom is -0.383 e. The van der Waals surface area contributed by atoms with Crippen molar-refractivity contribution in [2.45, 2.75) is 32.2 Å². The van der Waals surface area contributed by atoms with E-state index in [1.165, 1.54) is 24.3 Å². The summed E-state index contributed by atoms with van der Waals surface area (Å²) < 4.78 is 5.09. The topological polar surface area (TPSA) is 34.1 Å². The van der Waals surface area contributed by atoms with Crippen LogP contribution >= 0.6 is 11.3 Å². The predicted molar refractivity (Wildman–Crippen MR) is 66.8 cm³/mol. The molecule has 1 aliphatic carbocycles. The molecule has 1 aliphatic rings. The third-order valence-electron chi connectivity index (χ3n) is 3.19. The van der Waals surface area contributed by atoms with E-state index < -0.39 is 0 Å². The van der Waals surface area contributed by atoms with Gasteiger partial charge in [0.25, 0.3) is 0 Å². The highest BCUT2D eigenvalue weighted by Crippen LogP contribution is 2.38. The van der Waals surface area contributed by atoms with Gasteiger partial charge in [-0.2, -0.15) is 0 Å². The second-order valence-corrected chi connectivity index (χ2v) is 5.33. The van der Waals surface area contributed by atoms with Crippen molar-refractivity contribution < 1.29 is 4.74 Å². The average molecular weight is 240 g/mol. The second-order valence-electron chi connectivity index (χ2n) is 4.44. The van der Waals surface area contributed by atoms with Crippen LogP contribution in [0, 0.1) is 12.8 Å². The van der Waals surface area contributed by atoms with Crippen molar-refractivity contribution in [1.82, 2.24) is 10.3 Å². The lowest BCUT2D eigenvalue weighted by Gasteiger charge is -2.33. The first-order chi connectivity index (χ1) is 7.81. The van der Waals surface area contributed by atoms with Gasteiger partial charge in [-0.3, -0.25) is 0 Å². The number of methoxy groups -OCH3 is 1. The summed E-state index contributed by atoms with van der Waals surface area (Å²) in [5, 5.41) is 6.96. The minimum absolute atomic E-state index is 0.447. The van der Waals surface area contributed by atoms with Gasteiger partial charge in [0, 0.05) is 24.7 Å². The maximum atomic E-state index is 5.09. The molecule has 0 spiro atoms. The molecule has 1 saturated carbocycles. The fourth-order valence-electron chi connectivity index (χ4n) is 2.06. The number of ether oxygens (including phenoxy) is 1. The lowest BCUT2D eigenvalue weighted by Crippen LogP contribution is -2.34. The van der Waals surface area contributed by atoms with Gasteiger partial charge in [-0.05, 0) is 25.7 Å². The summed E-state index contributed by atoms with van der Waals surface area (Å²) in [4.78, 5) is 4.61. The van der Waals surface area contributed by atoms with Crippen molar-refractivity contribution in [3.63, 3.8) is 0 Å². The van der Waals surface area contributed by atoms with E-state index in [0.717, 1.165) is 24.8 Å². The summed E-state index contributed by atoms with van der Waals surface area (Å²) in [5.41, 5.74) is 1.14. The van der Waals surface area contributed by atoms with Gasteiger partial charge in [-0.15, -0.1) is 11.3 Å². The third-order valence-corrected chi connectivity index (χ3v) is 4.24. The molecule has 1 unspecified atom stereocenters. The quantitative estimate of drug-likeness (QED) is 0.776. The summed E-state index contributed by atoms with van der Waals surface area (Å²) in [7, 11) is 1.74. The summed E-state index contributed by atoms with van der Waals surface area (Å²) in [5.74, 6) is 0.780. The molecule has 1 heterocycles. The number of nitrogens with zero attached hydrogens (tertiary/aromatic N) is 1. The Hall–Kier alpha value is -0.450. The molecule has 0 aliphatic heterocycles. The van der Waals surface area contributed by atoms with Gasteiger partial charge in [0.2, 0.25) is 0 Å². The molecule has 90 valence electrons. The largest absolute Gasteiger partial charge is 0.383 e. The van der Waals surface area contributed by atoms with Crippen molar-refractivity contribution in [3.8, 4) is 0 Å². The Morgan fingerprint density at radius 1 is 1.62 bits per heavy atom. The number of hydrogen-bond donors (Lipinski definition) is 1. The first kappa shape index (κ1) is 12.0. The van der Waals surface area contributed by atoms with Crippen molar-refractivity contribution in [2.24, 2.45) is 5.92 Å². The van der Waals surface area contributed by atoms with Gasteiger partial charge < -0.3 is 10.1 Å². The Kier molecular flexibility index (Phi) is 4.32. The molecule has 4 heteroatoms. The van der Waals surface area contributed by atoms with E-state index in [0.29, 0.717) is 6.04 Å². The molecular formula is C12H20N2OS. The normalized spacial score (nSPS) is 18.4. The van der Waals surface area contributed by atoms with Crippen LogP contribution in [0.15, 0.2) is 5.38 Å². The van der Waals surface area contributed by atoms with Crippen LogP contribution in [0.3, 0.4) is 0 Å². The maximum Gasteiger partial charge on any atom is 0.110 e. The zero-order valence-corrected chi connectivity index (χ0v) is 10.8. The SMILES string of the molecule is COCCNC(c1nc(C)cs1)C1CCC1. The minimum atomic E-state index is 0.447. The molecule has 2 rings (SSSR count). The highest BCUT2D eigenvalue weighted by molar-refractivity contribution is 7.09. The Labute approximate surface area is 101 Å². The van der Waals surface area contributed by atoms with E-state index in [1.807, 2.05) is 0 Å². The molecule has 0 aromatic carbocycles. The van der Waals surface area contributed by atoms with Crippen LogP contribution in [0.5, 0.6) is 0 Å². The van der Waals surface area contributed by atoms with E-state index in [9.17, 15) is 0 Å². The highest BCUT2D eigenvalue weighted by Gasteiger charge is 2.29. The molecule has 1 fully saturated rings. The monoisotopic (exact) mass is 240 g/mol. The van der Waals surface area contributed by atoms with Crippen molar-refractivity contribution in [2.75, 3.05) is 20.3 Å². The van der Waals surface area contributed by atoms with Crippen LogP contribution in [0.4, 0.5) is 0 Å². The molecule has 0 saturated heterocycles. The smallest absolute Gasteiger partial charge is 0.110 e. The fourth-order valence-corrected chi connectivity index (χ4v) is 3.02. The molecule has 0 amide bonds. The average Bonchev–Trinajstić information content (AvgIpc) is 2.61. The third kappa shape index (κ3) is 2.81. The summed E-state index contributed by atoms with van der Waals surface area (Å²) >= 11 is 1.78. The zero-order valence-electron chi connectivity index (χ0n) is 10.0. The summed E-state index contributed by atoms with van der Waals surface area (Å²) in [6, 6.07) is 0.447. The molecule has 0 bridgehead atoms. The van der Waals surface area contributed by atoms with Crippen LogP contribution < -0.4 is 5.32 Å². The van der Waals surface area contributed by atoms with Crippen molar-refractivity contribution >= 4 is 11.3 Å². The van der Waals surface area contributed by atoms with E-state index in [4.69, 9.17) is 4.74 Å². The second kappa shape index (κ2) is 5.75. The fraction of sp³-hybridized carbons (Fsp3) is 0.750. The van der Waals surface area contributed by atoms with E-state index in [2.05, 4.69) is 22.6 Å². The summed E-state index contributed by atoms with van der Waals surface area (Å²) in [6.07, 6.45) is 4.05. The van der Waals surface area contributed by atoms with E-state index in [-0.39, 0.29) is 0 Å². The first-order valence-corrected chi connectivity index (χ1v) is 6.83. The van der Waals surface area contributed by atoms with Crippen LogP contribution in [-0.4, -0.2) is 25.2 Å². The molecule has 1 N–H and O–H groups in total. The lowest BCUT2D eigenvalue weighted by molar-refractivity contribution is 0.176. The van der Waals surface area contributed by atoms with Crippen LogP contribution in [-0.2, 0) is 4.74 Å². The lowest BCUT2D eigenvalue weighted by atomic mass is 9.80. The molecule has 1 atom stereocenters. The van der Waals surface area contributed by atoms with Crippen LogP contribution in [0.1, 0.15) is 36.0 Å². The standard InChI is InChI=1S/C12H20N2OS/c1-9-8-16-12(14-9)11(10-4-3-5-10)13-6-7-15-2/h8,10-11,13H,3-7H2,1-2H3. The zero-order chi connectivity index (χ0) is 11.4. The predicted octanol–water partition coefficient (Wildman–Crippen LogP) is 2.53. The first-order valence-electron chi connectivity index (χ1n) is 5.95. The number of nitrogens with one attached hydrogen (secondary N) is 1. The van der Waals surface area contributed by atoms with Gasteiger partial charge in [-0.1, -0.05) is 6.42 Å². The molecule has 0 radical (unpaired) electrons. The number of thiazole rings is 1. The number of rotatable bonds is 6. The number of aromatic nitrogens is 1. The Morgan fingerprint density at radius 2 is 2.44 bits per heavy atom. The Balaban J connectivity index is 1.96. The molecule has 1 aromatic rings. The van der Waals surface area contributed by atoms with Gasteiger partial charge in [-0.25, -0.2) is 4.98 Å².